The summed E-state index contributed by atoms with van der Waals surface area (Å²) < 4.78 is 49.1. The van der Waals surface area contributed by atoms with Crippen LogP contribution in [0.4, 0.5) is 10.5 Å². The first-order valence-corrected chi connectivity index (χ1v) is 39.3. The Morgan fingerprint density at radius 1 is 0.477 bits per heavy atom. The number of non-ortho nitro benzene ring substituents is 1. The van der Waals surface area contributed by atoms with Gasteiger partial charge in [-0.3, -0.25) is 24.5 Å². The molecule has 6 aromatic carbocycles. The van der Waals surface area contributed by atoms with Crippen molar-refractivity contribution in [2.75, 3.05) is 129 Å². The number of carboxylic acid groups (broad SMARTS) is 1. The predicted octanol–water partition coefficient (Wildman–Crippen LogP) is 7.65. The second-order valence-electron chi connectivity index (χ2n) is 23.0. The van der Waals surface area contributed by atoms with Gasteiger partial charge in [-0.2, -0.15) is 44.0 Å². The van der Waals surface area contributed by atoms with E-state index in [9.17, 15) is 59.0 Å². The number of aliphatic carboxylic acids is 1. The lowest BCUT2D eigenvalue weighted by atomic mass is 10.2. The molecule has 109 heavy (non-hydrogen) atoms. The van der Waals surface area contributed by atoms with E-state index in [1.54, 1.807) is 21.6 Å². The zero-order valence-corrected chi connectivity index (χ0v) is 64.2. The maximum atomic E-state index is 12.8. The van der Waals surface area contributed by atoms with Crippen molar-refractivity contribution >= 4 is 107 Å². The van der Waals surface area contributed by atoms with E-state index < -0.39 is 59.4 Å². The summed E-state index contributed by atoms with van der Waals surface area (Å²) >= 11 is 6.24. The summed E-state index contributed by atoms with van der Waals surface area (Å²) in [5.74, 6) is 0.593. The van der Waals surface area contributed by atoms with Crippen LogP contribution in [0, 0.1) is 10.1 Å². The summed E-state index contributed by atoms with van der Waals surface area (Å²) in [5, 5.41) is 57.1. The van der Waals surface area contributed by atoms with Gasteiger partial charge >= 0.3 is 24.1 Å². The summed E-state index contributed by atoms with van der Waals surface area (Å²) in [7, 11) is 2.62. The number of morpholine rings is 3. The number of aliphatic hydroxyl groups is 4. The summed E-state index contributed by atoms with van der Waals surface area (Å²) in [6.45, 7) is 6.93. The molecular formula is C74H92N4O26S5. The van der Waals surface area contributed by atoms with E-state index in [0.717, 1.165) is 58.0 Å². The maximum absolute atomic E-state index is 12.8. The van der Waals surface area contributed by atoms with Crippen LogP contribution in [0.25, 0.3) is 0 Å². The molecule has 5 N–H and O–H groups in total. The standard InChI is InChI=1S/C21H22N2O9S.C14H19NO5S.C14H19NO3S.C11H14O3S.C10H12O3S.C4H6O3/c24-20(22-10-12-28-13-11-22)19(15-33-32-29-14-16-4-2-1-3-5-16)31-21(25)30-18-8-6-17(7-9-18)23(26)27;16-13(14(17)15-6-8-18-9-7-15)11-21-20-19-10-12-4-2-1-3-5-12;16-13(14(17)15-6-8-18-9-7-15)11-19-10-12-4-2-1-3-5-12;1-14-11(13)10(12)8-15-7-9-5-3-2-4-6-9;11-9(10(12)13)7-14-6-8-4-2-1-3-5-8;1-6-4(5)3-2-7-3/h1-9,19H,10-15H2;1-5,13,16H,6-11H2;1-5,13,16H,6-11H2;2-6,10,12H,7-8H2,1H3;1-5,9,11H,6-7H2,(H,12,13);3H,2H2,1H3/t19-;2*13-;10-;9-;3-/m000000/s1. The number of hydrogen-bond acceptors (Lipinski definition) is 30. The Hall–Kier alpha value is -7.92. The first-order chi connectivity index (χ1) is 52.8. The van der Waals surface area contributed by atoms with E-state index in [-0.39, 0.29) is 59.2 Å². The third kappa shape index (κ3) is 40.0. The lowest BCUT2D eigenvalue weighted by Crippen LogP contribution is -2.48. The van der Waals surface area contributed by atoms with Gasteiger partial charge < -0.3 is 78.1 Å². The molecule has 4 aliphatic heterocycles. The molecule has 0 saturated carbocycles. The summed E-state index contributed by atoms with van der Waals surface area (Å²) in [4.78, 5) is 105. The van der Waals surface area contributed by atoms with Gasteiger partial charge in [0.2, 0.25) is 0 Å². The molecule has 35 heteroatoms. The number of amides is 3. The number of carboxylic acids is 1. The first kappa shape index (κ1) is 91.7. The molecule has 3 amide bonds. The monoisotopic (exact) mass is 1610 g/mol. The molecule has 0 aromatic heterocycles. The number of benzene rings is 6. The Labute approximate surface area is 653 Å². The van der Waals surface area contributed by atoms with Crippen molar-refractivity contribution in [2.45, 2.75) is 67.1 Å². The first-order valence-electron chi connectivity index (χ1n) is 34.0. The Balaban J connectivity index is 0.000000246. The zero-order valence-electron chi connectivity index (χ0n) is 60.1. The number of nitrogens with zero attached hydrogens (tertiary/aromatic N) is 4. The minimum absolute atomic E-state index is 0.0401. The summed E-state index contributed by atoms with van der Waals surface area (Å²) in [6, 6.07) is 53.5. The van der Waals surface area contributed by atoms with Crippen LogP contribution in [0.3, 0.4) is 0 Å². The molecule has 4 heterocycles. The van der Waals surface area contributed by atoms with Gasteiger partial charge in [0, 0.05) is 110 Å². The number of rotatable bonds is 33. The number of hydrogen-bond donors (Lipinski definition) is 5. The SMILES string of the molecule is COC(=O)[C@@H](O)CSCc1ccccc1.COC(=O)[C@@H]1CO1.O=C(O)[C@@H](O)CSCc1ccccc1.O=C(Oc1ccc([N+](=O)[O-])cc1)O[C@@H](CSOOCc1ccccc1)C(=O)N1CCOCC1.O=C([C@@H](O)CSCc1ccccc1)N1CCOCC1.O=C([C@@H](O)CSOOCc1ccccc1)N1CCOCC1. The largest absolute Gasteiger partial charge is 0.514 e. The number of methoxy groups -OCH3 is 2. The fourth-order valence-electron chi connectivity index (χ4n) is 8.91. The van der Waals surface area contributed by atoms with Crippen molar-refractivity contribution in [3.63, 3.8) is 0 Å². The number of thioether (sulfide) groups is 3. The molecule has 6 atom stereocenters. The quantitative estimate of drug-likeness (QED) is 0.00304. The summed E-state index contributed by atoms with van der Waals surface area (Å²) in [6.07, 6.45) is -6.85. The van der Waals surface area contributed by atoms with Crippen LogP contribution in [0.1, 0.15) is 27.8 Å². The zero-order chi connectivity index (χ0) is 78.6. The number of nitro benzene ring substituents is 1. The number of carbonyl (C=O) groups excluding carboxylic acids is 6. The number of epoxide rings is 1. The highest BCUT2D eigenvalue weighted by molar-refractivity contribution is 7.99. The highest BCUT2D eigenvalue weighted by Gasteiger charge is 2.33. The number of carbonyl (C=O) groups is 7. The Kier molecular flexibility index (Phi) is 46.7. The topological polar surface area (TPSA) is 388 Å². The van der Waals surface area contributed by atoms with Gasteiger partial charge in [-0.25, -0.2) is 29.0 Å². The summed E-state index contributed by atoms with van der Waals surface area (Å²) in [5.41, 5.74) is 5.26. The van der Waals surface area contributed by atoms with Crippen LogP contribution >= 0.6 is 59.4 Å². The number of ether oxygens (including phenoxy) is 8. The normalized spacial score (nSPS) is 15.5. The minimum atomic E-state index is -1.26. The van der Waals surface area contributed by atoms with E-state index in [1.165, 1.54) is 78.0 Å². The van der Waals surface area contributed by atoms with Crippen LogP contribution in [0.15, 0.2) is 176 Å². The van der Waals surface area contributed by atoms with Gasteiger partial charge in [0.05, 0.1) is 76.9 Å². The van der Waals surface area contributed by atoms with Gasteiger partial charge in [0.15, 0.2) is 24.4 Å². The Morgan fingerprint density at radius 3 is 1.19 bits per heavy atom. The molecule has 0 radical (unpaired) electrons. The molecular weight excluding hydrogens is 1520 g/mol. The molecule has 30 nitrogen and oxygen atoms in total. The smallest absolute Gasteiger partial charge is 0.479 e. The van der Waals surface area contributed by atoms with Gasteiger partial charge in [0.1, 0.15) is 31.2 Å². The highest BCUT2D eigenvalue weighted by atomic mass is 32.2. The molecule has 6 aromatic rings. The lowest BCUT2D eigenvalue weighted by molar-refractivity contribution is -0.384. The van der Waals surface area contributed by atoms with Crippen LogP contribution in [0.5, 0.6) is 5.75 Å². The van der Waals surface area contributed by atoms with Crippen molar-refractivity contribution in [3.05, 3.63) is 214 Å². The van der Waals surface area contributed by atoms with Crippen LogP contribution < -0.4 is 4.74 Å². The van der Waals surface area contributed by atoms with Gasteiger partial charge in [-0.1, -0.05) is 152 Å². The molecule has 0 aliphatic carbocycles. The minimum Gasteiger partial charge on any atom is -0.479 e. The second-order valence-corrected chi connectivity index (χ2v) is 27.5. The third-order valence-electron chi connectivity index (χ3n) is 14.8. The van der Waals surface area contributed by atoms with E-state index in [2.05, 4.69) is 14.2 Å². The average molecular weight is 1610 g/mol. The third-order valence-corrected chi connectivity index (χ3v) is 19.3. The van der Waals surface area contributed by atoms with Crippen molar-refractivity contribution in [2.24, 2.45) is 0 Å². The molecule has 0 bridgehead atoms. The number of nitro groups is 1. The lowest BCUT2D eigenvalue weighted by Gasteiger charge is -2.29. The Morgan fingerprint density at radius 2 is 0.835 bits per heavy atom. The van der Waals surface area contributed by atoms with Crippen molar-refractivity contribution < 1.29 is 120 Å². The Bertz CT molecular complexity index is 3520. The van der Waals surface area contributed by atoms with E-state index in [4.69, 9.17) is 52.3 Å². The van der Waals surface area contributed by atoms with Crippen molar-refractivity contribution in [1.82, 2.24) is 14.7 Å². The van der Waals surface area contributed by atoms with Gasteiger partial charge in [-0.05, 0) is 39.9 Å². The average Bonchev–Trinajstić information content (AvgIpc) is 1.74. The van der Waals surface area contributed by atoms with E-state index >= 15 is 0 Å². The van der Waals surface area contributed by atoms with Crippen LogP contribution in [0.2, 0.25) is 0 Å². The van der Waals surface area contributed by atoms with E-state index in [1.807, 2.05) is 152 Å². The van der Waals surface area contributed by atoms with Crippen molar-refractivity contribution in [1.29, 1.82) is 0 Å². The fraction of sp³-hybridized carbons (Fsp3) is 0.419. The van der Waals surface area contributed by atoms with Crippen molar-refractivity contribution in [3.8, 4) is 5.75 Å². The molecule has 0 spiro atoms. The fourth-order valence-corrected chi connectivity index (χ4v) is 12.6. The molecule has 0 unspecified atom stereocenters. The van der Waals surface area contributed by atoms with Gasteiger partial charge in [0.25, 0.3) is 23.4 Å². The molecule has 4 saturated heterocycles. The number of esters is 2. The second kappa shape index (κ2) is 55.5. The van der Waals surface area contributed by atoms with Gasteiger partial charge in [-0.15, -0.1) is 0 Å². The van der Waals surface area contributed by atoms with Crippen LogP contribution in [-0.4, -0.2) is 252 Å². The molecule has 4 aliphatic rings. The highest BCUT2D eigenvalue weighted by Crippen LogP contribution is 2.22. The molecule has 4 fully saturated rings. The molecule has 10 rings (SSSR count). The van der Waals surface area contributed by atoms with Crippen LogP contribution in [-0.2, 0) is 111 Å². The maximum Gasteiger partial charge on any atom is 0.514 e. The van der Waals surface area contributed by atoms with E-state index in [0.29, 0.717) is 104 Å². The predicted molar refractivity (Wildman–Crippen MR) is 409 cm³/mol. The number of aliphatic hydroxyl groups excluding tert-OH is 4. The molecule has 594 valence electrons.